The number of benzene rings is 1. The Morgan fingerprint density at radius 2 is 1.70 bits per heavy atom. The van der Waals surface area contributed by atoms with Crippen LogP contribution in [0.4, 0.5) is 10.5 Å². The minimum absolute atomic E-state index is 0.0362. The van der Waals surface area contributed by atoms with Crippen LogP contribution < -0.4 is 5.32 Å². The van der Waals surface area contributed by atoms with Crippen LogP contribution in [0.2, 0.25) is 0 Å². The number of urea groups is 1. The standard InChI is InChI=1S/C23H35BrN4O2/c1-18-8-14-26(15-9-18)12-3-13-28(22-10-16-27(17-11-22)19(2)29)23(30)25-21-6-4-20(24)5-7-21/h4-7,18,22H,3,8-17H2,1-2H3,(H,25,30). The molecule has 166 valence electrons. The van der Waals surface area contributed by atoms with Crippen LogP contribution in [-0.4, -0.2) is 71.9 Å². The number of hydrogen-bond donors (Lipinski definition) is 1. The molecule has 2 aliphatic rings. The third kappa shape index (κ3) is 6.71. The minimum Gasteiger partial charge on any atom is -0.343 e. The maximum atomic E-state index is 13.1. The molecule has 0 unspecified atom stereocenters. The molecular formula is C23H35BrN4O2. The molecule has 0 aromatic heterocycles. The maximum absolute atomic E-state index is 13.1. The Labute approximate surface area is 189 Å². The highest BCUT2D eigenvalue weighted by atomic mass is 79.9. The van der Waals surface area contributed by atoms with E-state index < -0.39 is 0 Å². The number of anilines is 1. The minimum atomic E-state index is -0.0362. The molecule has 2 fully saturated rings. The normalized spacial score (nSPS) is 19.0. The van der Waals surface area contributed by atoms with Crippen molar-refractivity contribution in [2.45, 2.75) is 52.0 Å². The third-order valence-electron chi connectivity index (χ3n) is 6.46. The molecule has 30 heavy (non-hydrogen) atoms. The highest BCUT2D eigenvalue weighted by Crippen LogP contribution is 2.21. The Kier molecular flexibility index (Phi) is 8.57. The van der Waals surface area contributed by atoms with Crippen molar-refractivity contribution >= 4 is 33.6 Å². The molecule has 1 aromatic carbocycles. The summed E-state index contributed by atoms with van der Waals surface area (Å²) < 4.78 is 0.991. The zero-order valence-electron chi connectivity index (χ0n) is 18.3. The quantitative estimate of drug-likeness (QED) is 0.658. The van der Waals surface area contributed by atoms with E-state index in [1.807, 2.05) is 34.1 Å². The number of carbonyl (C=O) groups is 2. The number of piperidine rings is 2. The van der Waals surface area contributed by atoms with Crippen molar-refractivity contribution in [3.05, 3.63) is 28.7 Å². The second kappa shape index (κ2) is 11.1. The summed E-state index contributed by atoms with van der Waals surface area (Å²) >= 11 is 3.44. The van der Waals surface area contributed by atoms with Crippen LogP contribution in [0.1, 0.15) is 46.0 Å². The Morgan fingerprint density at radius 3 is 2.30 bits per heavy atom. The topological polar surface area (TPSA) is 55.9 Å². The number of hydrogen-bond acceptors (Lipinski definition) is 3. The van der Waals surface area contributed by atoms with Crippen molar-refractivity contribution in [1.82, 2.24) is 14.7 Å². The van der Waals surface area contributed by atoms with Gasteiger partial charge >= 0.3 is 6.03 Å². The maximum Gasteiger partial charge on any atom is 0.322 e. The predicted molar refractivity (Wildman–Crippen MR) is 125 cm³/mol. The molecule has 2 aliphatic heterocycles. The van der Waals surface area contributed by atoms with Gasteiger partial charge in [-0.05, 0) is 81.9 Å². The summed E-state index contributed by atoms with van der Waals surface area (Å²) in [6.45, 7) is 9.54. The SMILES string of the molecule is CC(=O)N1CCC(N(CCCN2CCC(C)CC2)C(=O)Nc2ccc(Br)cc2)CC1. The second-order valence-electron chi connectivity index (χ2n) is 8.75. The van der Waals surface area contributed by atoms with Gasteiger partial charge in [0.25, 0.3) is 0 Å². The largest absolute Gasteiger partial charge is 0.343 e. The lowest BCUT2D eigenvalue weighted by atomic mass is 9.99. The van der Waals surface area contributed by atoms with Gasteiger partial charge in [0, 0.05) is 42.8 Å². The summed E-state index contributed by atoms with van der Waals surface area (Å²) in [7, 11) is 0. The molecule has 7 heteroatoms. The Hall–Kier alpha value is -1.60. The molecule has 3 rings (SSSR count). The average molecular weight is 479 g/mol. The second-order valence-corrected chi connectivity index (χ2v) is 9.66. The number of rotatable bonds is 6. The first-order valence-corrected chi connectivity index (χ1v) is 12.0. The highest BCUT2D eigenvalue weighted by molar-refractivity contribution is 9.10. The van der Waals surface area contributed by atoms with Crippen LogP contribution in [0.25, 0.3) is 0 Å². The van der Waals surface area contributed by atoms with Crippen LogP contribution in [0.15, 0.2) is 28.7 Å². The van der Waals surface area contributed by atoms with Crippen LogP contribution in [-0.2, 0) is 4.79 Å². The van der Waals surface area contributed by atoms with Gasteiger partial charge in [0.2, 0.25) is 5.91 Å². The van der Waals surface area contributed by atoms with Crippen molar-refractivity contribution in [2.24, 2.45) is 5.92 Å². The fraction of sp³-hybridized carbons (Fsp3) is 0.652. The predicted octanol–water partition coefficient (Wildman–Crippen LogP) is 4.42. The number of amides is 3. The van der Waals surface area contributed by atoms with Crippen LogP contribution in [0, 0.1) is 5.92 Å². The molecule has 0 aliphatic carbocycles. The fourth-order valence-electron chi connectivity index (χ4n) is 4.42. The lowest BCUT2D eigenvalue weighted by Gasteiger charge is -2.39. The van der Waals surface area contributed by atoms with Gasteiger partial charge in [0.05, 0.1) is 0 Å². The lowest BCUT2D eigenvalue weighted by molar-refractivity contribution is -0.130. The molecule has 0 atom stereocenters. The third-order valence-corrected chi connectivity index (χ3v) is 6.99. The Morgan fingerprint density at radius 1 is 1.07 bits per heavy atom. The first-order chi connectivity index (χ1) is 14.4. The Balaban J connectivity index is 1.58. The Bertz CT molecular complexity index is 696. The van der Waals surface area contributed by atoms with Gasteiger partial charge in [-0.3, -0.25) is 4.79 Å². The number of halogens is 1. The lowest BCUT2D eigenvalue weighted by Crippen LogP contribution is -2.50. The zero-order valence-corrected chi connectivity index (χ0v) is 19.9. The molecule has 6 nitrogen and oxygen atoms in total. The number of likely N-dealkylation sites (tertiary alicyclic amines) is 2. The first-order valence-electron chi connectivity index (χ1n) is 11.2. The molecule has 1 aromatic rings. The van der Waals surface area contributed by atoms with Gasteiger partial charge < -0.3 is 20.0 Å². The average Bonchev–Trinajstić information content (AvgIpc) is 2.74. The van der Waals surface area contributed by atoms with Gasteiger partial charge in [0.15, 0.2) is 0 Å². The van der Waals surface area contributed by atoms with Gasteiger partial charge in [0.1, 0.15) is 0 Å². The molecule has 2 saturated heterocycles. The summed E-state index contributed by atoms with van der Waals surface area (Å²) in [6.07, 6.45) is 5.22. The highest BCUT2D eigenvalue weighted by Gasteiger charge is 2.29. The van der Waals surface area contributed by atoms with Crippen LogP contribution in [0.3, 0.4) is 0 Å². The molecule has 0 saturated carbocycles. The molecule has 1 N–H and O–H groups in total. The molecular weight excluding hydrogens is 444 g/mol. The van der Waals surface area contributed by atoms with Crippen molar-refractivity contribution in [3.63, 3.8) is 0 Å². The van der Waals surface area contributed by atoms with Crippen molar-refractivity contribution in [2.75, 3.05) is 44.6 Å². The summed E-state index contributed by atoms with van der Waals surface area (Å²) in [5.74, 6) is 0.958. The van der Waals surface area contributed by atoms with E-state index in [0.717, 1.165) is 61.5 Å². The summed E-state index contributed by atoms with van der Waals surface area (Å²) in [5.41, 5.74) is 0.805. The first kappa shape index (κ1) is 23.1. The van der Waals surface area contributed by atoms with E-state index in [1.54, 1.807) is 6.92 Å². The van der Waals surface area contributed by atoms with E-state index in [4.69, 9.17) is 0 Å². The monoisotopic (exact) mass is 478 g/mol. The molecule has 3 amide bonds. The summed E-state index contributed by atoms with van der Waals surface area (Å²) in [6, 6.07) is 7.83. The van der Waals surface area contributed by atoms with E-state index in [0.29, 0.717) is 0 Å². The smallest absolute Gasteiger partial charge is 0.322 e. The van der Waals surface area contributed by atoms with E-state index in [1.165, 1.54) is 25.9 Å². The van der Waals surface area contributed by atoms with Gasteiger partial charge in [-0.1, -0.05) is 22.9 Å². The van der Waals surface area contributed by atoms with E-state index in [2.05, 4.69) is 33.1 Å². The van der Waals surface area contributed by atoms with Gasteiger partial charge in [-0.2, -0.15) is 0 Å². The fourth-order valence-corrected chi connectivity index (χ4v) is 4.69. The molecule has 0 spiro atoms. The molecule has 0 radical (unpaired) electrons. The summed E-state index contributed by atoms with van der Waals surface area (Å²) in [5, 5.41) is 3.07. The van der Waals surface area contributed by atoms with Crippen molar-refractivity contribution < 1.29 is 9.59 Å². The van der Waals surface area contributed by atoms with Gasteiger partial charge in [-0.25, -0.2) is 4.79 Å². The van der Waals surface area contributed by atoms with Gasteiger partial charge in [-0.15, -0.1) is 0 Å². The number of nitrogens with zero attached hydrogens (tertiary/aromatic N) is 3. The summed E-state index contributed by atoms with van der Waals surface area (Å²) in [4.78, 5) is 31.2. The van der Waals surface area contributed by atoms with Crippen LogP contribution >= 0.6 is 15.9 Å². The van der Waals surface area contributed by atoms with Crippen molar-refractivity contribution in [3.8, 4) is 0 Å². The number of carbonyl (C=O) groups excluding carboxylic acids is 2. The van der Waals surface area contributed by atoms with E-state index >= 15 is 0 Å². The molecule has 0 bridgehead atoms. The molecule has 2 heterocycles. The van der Waals surface area contributed by atoms with Crippen molar-refractivity contribution in [1.29, 1.82) is 0 Å². The van der Waals surface area contributed by atoms with Crippen LogP contribution in [0.5, 0.6) is 0 Å². The zero-order chi connectivity index (χ0) is 21.5. The number of nitrogens with one attached hydrogen (secondary N) is 1. The van der Waals surface area contributed by atoms with E-state index in [9.17, 15) is 9.59 Å². The van der Waals surface area contributed by atoms with E-state index in [-0.39, 0.29) is 18.0 Å².